The van der Waals surface area contributed by atoms with Gasteiger partial charge in [-0.3, -0.25) is 0 Å². The van der Waals surface area contributed by atoms with Crippen LogP contribution in [0.1, 0.15) is 11.5 Å². The van der Waals surface area contributed by atoms with E-state index in [0.717, 1.165) is 11.8 Å². The molecule has 0 saturated heterocycles. The van der Waals surface area contributed by atoms with Crippen molar-refractivity contribution in [2.75, 3.05) is 17.6 Å². The van der Waals surface area contributed by atoms with Gasteiger partial charge in [-0.05, 0) is 33.6 Å². The predicted octanol–water partition coefficient (Wildman–Crippen LogP) is 5.03. The first-order chi connectivity index (χ1) is 9.65. The van der Waals surface area contributed by atoms with Crippen molar-refractivity contribution in [2.24, 2.45) is 0 Å². The van der Waals surface area contributed by atoms with Crippen molar-refractivity contribution in [1.82, 2.24) is 0 Å². The number of benzene rings is 2. The van der Waals surface area contributed by atoms with E-state index in [9.17, 15) is 8.78 Å². The molecule has 3 rings (SSSR count). The highest BCUT2D eigenvalue weighted by molar-refractivity contribution is 9.10. The molecule has 1 N–H and O–H groups in total. The molecule has 0 saturated carbocycles. The summed E-state index contributed by atoms with van der Waals surface area (Å²) >= 11 is 4.89. The first-order valence-electron chi connectivity index (χ1n) is 6.25. The van der Waals surface area contributed by atoms with Crippen LogP contribution in [0.25, 0.3) is 0 Å². The molecule has 104 valence electrons. The van der Waals surface area contributed by atoms with Gasteiger partial charge in [0.05, 0.1) is 10.2 Å². The van der Waals surface area contributed by atoms with Crippen LogP contribution in [0.4, 0.5) is 14.5 Å². The van der Waals surface area contributed by atoms with Crippen LogP contribution in [0.5, 0.6) is 0 Å². The minimum Gasteiger partial charge on any atom is -0.382 e. The van der Waals surface area contributed by atoms with Crippen molar-refractivity contribution in [1.29, 1.82) is 0 Å². The van der Waals surface area contributed by atoms with Crippen LogP contribution in [0.15, 0.2) is 45.8 Å². The molecule has 0 bridgehead atoms. The lowest BCUT2D eigenvalue weighted by Gasteiger charge is -2.14. The number of anilines is 1. The molecule has 2 aromatic carbocycles. The normalized spacial score (nSPS) is 17.1. The van der Waals surface area contributed by atoms with E-state index in [-0.39, 0.29) is 4.47 Å². The van der Waals surface area contributed by atoms with Crippen molar-refractivity contribution >= 4 is 33.4 Å². The summed E-state index contributed by atoms with van der Waals surface area (Å²) in [5.41, 5.74) is 1.62. The number of rotatable bonds is 3. The molecule has 1 heterocycles. The number of hydrogen-bond donors (Lipinski definition) is 1. The number of hydrogen-bond acceptors (Lipinski definition) is 2. The molecule has 20 heavy (non-hydrogen) atoms. The maximum absolute atomic E-state index is 13.7. The maximum atomic E-state index is 13.7. The van der Waals surface area contributed by atoms with E-state index >= 15 is 0 Å². The second kappa shape index (κ2) is 5.74. The summed E-state index contributed by atoms with van der Waals surface area (Å²) in [5.74, 6) is 0.176. The van der Waals surface area contributed by atoms with Crippen LogP contribution < -0.4 is 5.32 Å². The van der Waals surface area contributed by atoms with Crippen LogP contribution in [-0.2, 0) is 0 Å². The fourth-order valence-corrected chi connectivity index (χ4v) is 3.89. The zero-order valence-electron chi connectivity index (χ0n) is 10.5. The van der Waals surface area contributed by atoms with Crippen LogP contribution in [0.3, 0.4) is 0 Å². The van der Waals surface area contributed by atoms with Crippen molar-refractivity contribution in [3.05, 3.63) is 58.1 Å². The van der Waals surface area contributed by atoms with E-state index < -0.39 is 11.6 Å². The van der Waals surface area contributed by atoms with E-state index in [1.54, 1.807) is 0 Å². The van der Waals surface area contributed by atoms with Gasteiger partial charge in [-0.2, -0.15) is 0 Å². The molecule has 0 radical (unpaired) electrons. The minimum absolute atomic E-state index is 0.266. The number of nitrogens with one attached hydrogen (secondary N) is 1. The standard InChI is InChI=1S/C15H12BrF2NS/c16-11-5-14(13(18)6-12(11)17)19-7-9-8-20-15-4-2-1-3-10(9)15/h1-6,9,19H,7-8H2. The van der Waals surface area contributed by atoms with Crippen molar-refractivity contribution in [3.63, 3.8) is 0 Å². The lowest BCUT2D eigenvalue weighted by Crippen LogP contribution is -2.13. The average molecular weight is 356 g/mol. The number of halogens is 3. The Morgan fingerprint density at radius 1 is 1.20 bits per heavy atom. The number of fused-ring (bicyclic) bond motifs is 1. The molecule has 0 aliphatic carbocycles. The van der Waals surface area contributed by atoms with Gasteiger partial charge in [0.15, 0.2) is 0 Å². The monoisotopic (exact) mass is 355 g/mol. The summed E-state index contributed by atoms with van der Waals surface area (Å²) in [6.07, 6.45) is 0. The summed E-state index contributed by atoms with van der Waals surface area (Å²) in [7, 11) is 0. The van der Waals surface area contributed by atoms with Gasteiger partial charge >= 0.3 is 0 Å². The summed E-state index contributed by atoms with van der Waals surface area (Å²) in [6, 6.07) is 10.6. The Balaban J connectivity index is 1.74. The van der Waals surface area contributed by atoms with Crippen LogP contribution >= 0.6 is 27.7 Å². The second-order valence-electron chi connectivity index (χ2n) is 4.67. The van der Waals surface area contributed by atoms with E-state index in [4.69, 9.17) is 0 Å². The predicted molar refractivity (Wildman–Crippen MR) is 82.5 cm³/mol. The zero-order valence-corrected chi connectivity index (χ0v) is 12.9. The van der Waals surface area contributed by atoms with Gasteiger partial charge in [0, 0.05) is 29.2 Å². The molecular formula is C15H12BrF2NS. The molecular weight excluding hydrogens is 344 g/mol. The highest BCUT2D eigenvalue weighted by Gasteiger charge is 2.22. The topological polar surface area (TPSA) is 12.0 Å². The highest BCUT2D eigenvalue weighted by atomic mass is 79.9. The van der Waals surface area contributed by atoms with Gasteiger partial charge in [0.25, 0.3) is 0 Å². The van der Waals surface area contributed by atoms with E-state index in [1.807, 2.05) is 23.9 Å². The van der Waals surface area contributed by atoms with E-state index in [2.05, 4.69) is 33.4 Å². The number of thioether (sulfide) groups is 1. The third-order valence-electron chi connectivity index (χ3n) is 3.35. The Morgan fingerprint density at radius 2 is 2.00 bits per heavy atom. The Labute approximate surface area is 128 Å². The maximum Gasteiger partial charge on any atom is 0.149 e. The fourth-order valence-electron chi connectivity index (χ4n) is 2.29. The van der Waals surface area contributed by atoms with Gasteiger partial charge in [-0.1, -0.05) is 18.2 Å². The SMILES string of the molecule is Fc1cc(F)c(NCC2CSc3ccccc32)cc1Br. The van der Waals surface area contributed by atoms with Crippen LogP contribution in [-0.4, -0.2) is 12.3 Å². The lowest BCUT2D eigenvalue weighted by molar-refractivity contribution is 0.580. The molecule has 1 aliphatic heterocycles. The summed E-state index contributed by atoms with van der Waals surface area (Å²) < 4.78 is 27.1. The minimum atomic E-state index is -0.588. The summed E-state index contributed by atoms with van der Waals surface area (Å²) in [5, 5.41) is 3.08. The van der Waals surface area contributed by atoms with Gasteiger partial charge < -0.3 is 5.32 Å². The quantitative estimate of drug-likeness (QED) is 0.775. The summed E-state index contributed by atoms with van der Waals surface area (Å²) in [6.45, 7) is 0.638. The molecule has 1 unspecified atom stereocenters. The van der Waals surface area contributed by atoms with Crippen molar-refractivity contribution in [3.8, 4) is 0 Å². The second-order valence-corrected chi connectivity index (χ2v) is 6.59. The molecule has 0 aromatic heterocycles. The lowest BCUT2D eigenvalue weighted by atomic mass is 10.0. The average Bonchev–Trinajstić information content (AvgIpc) is 2.85. The highest BCUT2D eigenvalue weighted by Crippen LogP contribution is 2.39. The Hall–Kier alpha value is -1.07. The Bertz CT molecular complexity index is 648. The van der Waals surface area contributed by atoms with Crippen LogP contribution in [0, 0.1) is 11.6 Å². The van der Waals surface area contributed by atoms with Crippen molar-refractivity contribution in [2.45, 2.75) is 10.8 Å². The Kier molecular flexibility index (Phi) is 3.98. The van der Waals surface area contributed by atoms with Gasteiger partial charge in [-0.15, -0.1) is 11.8 Å². The van der Waals surface area contributed by atoms with E-state index in [0.29, 0.717) is 18.2 Å². The van der Waals surface area contributed by atoms with Crippen molar-refractivity contribution < 1.29 is 8.78 Å². The third-order valence-corrected chi connectivity index (χ3v) is 5.21. The molecule has 0 spiro atoms. The smallest absolute Gasteiger partial charge is 0.149 e. The van der Waals surface area contributed by atoms with E-state index in [1.165, 1.54) is 16.5 Å². The third kappa shape index (κ3) is 2.69. The molecule has 2 aromatic rings. The molecule has 5 heteroatoms. The summed E-state index contributed by atoms with van der Waals surface area (Å²) in [4.78, 5) is 1.29. The Morgan fingerprint density at radius 3 is 2.85 bits per heavy atom. The van der Waals surface area contributed by atoms with Gasteiger partial charge in [-0.25, -0.2) is 8.78 Å². The molecule has 1 aliphatic rings. The molecule has 0 fully saturated rings. The first-order valence-corrected chi connectivity index (χ1v) is 8.03. The van der Waals surface area contributed by atoms with Crippen LogP contribution in [0.2, 0.25) is 0 Å². The first kappa shape index (κ1) is 13.9. The van der Waals surface area contributed by atoms with Gasteiger partial charge in [0.2, 0.25) is 0 Å². The fraction of sp³-hybridized carbons (Fsp3) is 0.200. The molecule has 1 atom stereocenters. The largest absolute Gasteiger partial charge is 0.382 e. The van der Waals surface area contributed by atoms with Gasteiger partial charge in [0.1, 0.15) is 11.6 Å². The molecule has 0 amide bonds. The zero-order chi connectivity index (χ0) is 14.1. The molecule has 1 nitrogen and oxygen atoms in total.